The van der Waals surface area contributed by atoms with Gasteiger partial charge in [0.05, 0.1) is 12.5 Å². The number of hydrogen-bond acceptors (Lipinski definition) is 5. The molecule has 1 aromatic rings. The molecule has 0 spiro atoms. The van der Waals surface area contributed by atoms with Crippen molar-refractivity contribution in [2.24, 2.45) is 5.92 Å². The summed E-state index contributed by atoms with van der Waals surface area (Å²) in [5, 5.41) is 25.8. The van der Waals surface area contributed by atoms with Gasteiger partial charge < -0.3 is 25.6 Å². The molecular formula is C19H26N2O5. The number of rotatable bonds is 6. The molecule has 1 aliphatic carbocycles. The van der Waals surface area contributed by atoms with Crippen LogP contribution in [0.25, 0.3) is 0 Å². The first-order chi connectivity index (χ1) is 12.5. The summed E-state index contributed by atoms with van der Waals surface area (Å²) in [4.78, 5) is 24.2. The highest BCUT2D eigenvalue weighted by Crippen LogP contribution is 2.26. The quantitative estimate of drug-likeness (QED) is 0.599. The van der Waals surface area contributed by atoms with Crippen LogP contribution < -0.4 is 10.6 Å². The summed E-state index contributed by atoms with van der Waals surface area (Å²) in [5.41, 5.74) is 0.658. The van der Waals surface area contributed by atoms with Gasteiger partial charge in [-0.25, -0.2) is 0 Å². The number of carbonyl (C=O) groups is 2. The van der Waals surface area contributed by atoms with Crippen molar-refractivity contribution in [3.8, 4) is 0 Å². The highest BCUT2D eigenvalue weighted by molar-refractivity contribution is 5.91. The van der Waals surface area contributed by atoms with E-state index in [0.717, 1.165) is 25.7 Å². The van der Waals surface area contributed by atoms with Gasteiger partial charge in [0.15, 0.2) is 0 Å². The molecular weight excluding hydrogens is 336 g/mol. The van der Waals surface area contributed by atoms with Crippen molar-refractivity contribution < 1.29 is 24.5 Å². The molecule has 0 radical (unpaired) electrons. The minimum atomic E-state index is -1.16. The molecule has 0 unspecified atom stereocenters. The lowest BCUT2D eigenvalue weighted by molar-refractivity contribution is -0.126. The molecule has 2 amide bonds. The maximum absolute atomic E-state index is 12.1. The summed E-state index contributed by atoms with van der Waals surface area (Å²) in [6.45, 7) is 0.129. The third kappa shape index (κ3) is 4.60. The Hall–Kier alpha value is -1.96. The maximum atomic E-state index is 12.1. The van der Waals surface area contributed by atoms with E-state index in [9.17, 15) is 19.8 Å². The Bertz CT molecular complexity index is 618. The predicted molar refractivity (Wildman–Crippen MR) is 95.3 cm³/mol. The average molecular weight is 362 g/mol. The molecule has 7 heteroatoms. The molecule has 3 rings (SSSR count). The Morgan fingerprint density at radius 3 is 2.38 bits per heavy atom. The van der Waals surface area contributed by atoms with Crippen molar-refractivity contribution in [3.05, 3.63) is 30.3 Å². The van der Waals surface area contributed by atoms with Crippen LogP contribution in [0.3, 0.4) is 0 Å². The van der Waals surface area contributed by atoms with Crippen LogP contribution >= 0.6 is 0 Å². The Morgan fingerprint density at radius 2 is 1.69 bits per heavy atom. The standard InChI is InChI=1S/C19H26N2O5/c22-16(21-13-8-2-1-3-9-13)10-14-17(23)18(24)15(26-14)11-20-19(25)12-6-4-5-7-12/h1-3,8-9,12,14-15,17-18,23-24H,4-7,10-11H2,(H,20,25)(H,21,22)/t14-,15+,17-,18+/m0/s1. The molecule has 4 N–H and O–H groups in total. The Kier molecular flexibility index (Phi) is 6.24. The van der Waals surface area contributed by atoms with Crippen LogP contribution in [-0.2, 0) is 14.3 Å². The number of aliphatic hydroxyl groups is 2. The first-order valence-corrected chi connectivity index (χ1v) is 9.19. The summed E-state index contributed by atoms with van der Waals surface area (Å²) in [6, 6.07) is 8.99. The van der Waals surface area contributed by atoms with E-state index in [2.05, 4.69) is 10.6 Å². The van der Waals surface area contributed by atoms with E-state index >= 15 is 0 Å². The van der Waals surface area contributed by atoms with E-state index in [1.807, 2.05) is 18.2 Å². The number of ether oxygens (including phenoxy) is 1. The number of para-hydroxylation sites is 1. The smallest absolute Gasteiger partial charge is 0.227 e. The van der Waals surface area contributed by atoms with Crippen molar-refractivity contribution in [1.82, 2.24) is 5.32 Å². The molecule has 2 aliphatic rings. The van der Waals surface area contributed by atoms with Crippen LogP contribution in [0.2, 0.25) is 0 Å². The van der Waals surface area contributed by atoms with Crippen LogP contribution in [0, 0.1) is 5.92 Å². The van der Waals surface area contributed by atoms with Gasteiger partial charge >= 0.3 is 0 Å². The van der Waals surface area contributed by atoms with Crippen LogP contribution in [-0.4, -0.2) is 53.0 Å². The SMILES string of the molecule is O=C(C[C@@H]1O[C@H](CNC(=O)C2CCCC2)[C@@H](O)[C@H]1O)Nc1ccccc1. The normalized spacial score (nSPS) is 28.8. The first kappa shape index (κ1) is 18.8. The predicted octanol–water partition coefficient (Wildman–Crippen LogP) is 0.811. The maximum Gasteiger partial charge on any atom is 0.227 e. The number of amides is 2. The number of anilines is 1. The summed E-state index contributed by atoms with van der Waals surface area (Å²) in [6.07, 6.45) is 0.0384. The number of nitrogens with one attached hydrogen (secondary N) is 2. The van der Waals surface area contributed by atoms with Crippen LogP contribution in [0.1, 0.15) is 32.1 Å². The van der Waals surface area contributed by atoms with Gasteiger partial charge in [-0.15, -0.1) is 0 Å². The summed E-state index contributed by atoms with van der Waals surface area (Å²) >= 11 is 0. The van der Waals surface area contributed by atoms with Gasteiger partial charge in [0, 0.05) is 18.2 Å². The van der Waals surface area contributed by atoms with Gasteiger partial charge in [-0.05, 0) is 25.0 Å². The van der Waals surface area contributed by atoms with E-state index in [0.29, 0.717) is 5.69 Å². The van der Waals surface area contributed by atoms with Gasteiger partial charge in [-0.3, -0.25) is 9.59 Å². The highest BCUT2D eigenvalue weighted by Gasteiger charge is 2.43. The first-order valence-electron chi connectivity index (χ1n) is 9.19. The number of benzene rings is 1. The van der Waals surface area contributed by atoms with E-state index in [4.69, 9.17) is 4.74 Å². The topological polar surface area (TPSA) is 108 Å². The Balaban J connectivity index is 1.47. The van der Waals surface area contributed by atoms with Crippen LogP contribution in [0.15, 0.2) is 30.3 Å². The summed E-state index contributed by atoms with van der Waals surface area (Å²) in [7, 11) is 0. The van der Waals surface area contributed by atoms with Gasteiger partial charge in [0.1, 0.15) is 18.3 Å². The zero-order chi connectivity index (χ0) is 18.5. The number of carbonyl (C=O) groups excluding carboxylic acids is 2. The van der Waals surface area contributed by atoms with E-state index < -0.39 is 24.4 Å². The molecule has 1 saturated heterocycles. The third-order valence-corrected chi connectivity index (χ3v) is 5.11. The van der Waals surface area contributed by atoms with Gasteiger partial charge in [-0.1, -0.05) is 31.0 Å². The second kappa shape index (κ2) is 8.62. The fraction of sp³-hybridized carbons (Fsp3) is 0.579. The Morgan fingerprint density at radius 1 is 1.04 bits per heavy atom. The molecule has 2 fully saturated rings. The van der Waals surface area contributed by atoms with Crippen molar-refractivity contribution in [2.75, 3.05) is 11.9 Å². The second-order valence-electron chi connectivity index (χ2n) is 7.04. The molecule has 7 nitrogen and oxygen atoms in total. The molecule has 26 heavy (non-hydrogen) atoms. The minimum absolute atomic E-state index is 0.0296. The zero-order valence-corrected chi connectivity index (χ0v) is 14.6. The molecule has 1 heterocycles. The van der Waals surface area contributed by atoms with Crippen molar-refractivity contribution >= 4 is 17.5 Å². The fourth-order valence-electron chi connectivity index (χ4n) is 3.61. The lowest BCUT2D eigenvalue weighted by Gasteiger charge is -2.17. The lowest BCUT2D eigenvalue weighted by atomic mass is 10.0. The molecule has 0 aromatic heterocycles. The molecule has 0 bridgehead atoms. The minimum Gasteiger partial charge on any atom is -0.388 e. The van der Waals surface area contributed by atoms with E-state index in [-0.39, 0.29) is 30.7 Å². The molecule has 1 saturated carbocycles. The largest absolute Gasteiger partial charge is 0.388 e. The third-order valence-electron chi connectivity index (χ3n) is 5.11. The summed E-state index contributed by atoms with van der Waals surface area (Å²) < 4.78 is 5.63. The lowest BCUT2D eigenvalue weighted by Crippen LogP contribution is -2.41. The monoisotopic (exact) mass is 362 g/mol. The van der Waals surface area contributed by atoms with E-state index in [1.54, 1.807) is 12.1 Å². The van der Waals surface area contributed by atoms with Crippen molar-refractivity contribution in [1.29, 1.82) is 0 Å². The van der Waals surface area contributed by atoms with Crippen molar-refractivity contribution in [3.63, 3.8) is 0 Å². The average Bonchev–Trinajstić information content (AvgIpc) is 3.26. The van der Waals surface area contributed by atoms with Crippen LogP contribution in [0.5, 0.6) is 0 Å². The molecule has 1 aromatic carbocycles. The van der Waals surface area contributed by atoms with Crippen LogP contribution in [0.4, 0.5) is 5.69 Å². The number of aliphatic hydroxyl groups excluding tert-OH is 2. The Labute approximate surface area is 152 Å². The van der Waals surface area contributed by atoms with Gasteiger partial charge in [-0.2, -0.15) is 0 Å². The zero-order valence-electron chi connectivity index (χ0n) is 14.6. The fourth-order valence-corrected chi connectivity index (χ4v) is 3.61. The summed E-state index contributed by atoms with van der Waals surface area (Å²) in [5.74, 6) is -0.299. The van der Waals surface area contributed by atoms with Gasteiger partial charge in [0.2, 0.25) is 11.8 Å². The second-order valence-corrected chi connectivity index (χ2v) is 7.04. The molecule has 4 atom stereocenters. The van der Waals surface area contributed by atoms with Crippen molar-refractivity contribution in [2.45, 2.75) is 56.5 Å². The van der Waals surface area contributed by atoms with E-state index in [1.165, 1.54) is 0 Å². The number of hydrogen-bond donors (Lipinski definition) is 4. The molecule has 142 valence electrons. The van der Waals surface area contributed by atoms with Gasteiger partial charge in [0.25, 0.3) is 0 Å². The molecule has 1 aliphatic heterocycles. The highest BCUT2D eigenvalue weighted by atomic mass is 16.5.